The summed E-state index contributed by atoms with van der Waals surface area (Å²) in [6.07, 6.45) is -1.15. The summed E-state index contributed by atoms with van der Waals surface area (Å²) in [6, 6.07) is 13.3. The second-order valence-corrected chi connectivity index (χ2v) is 6.01. The first kappa shape index (κ1) is 18.8. The van der Waals surface area contributed by atoms with Gasteiger partial charge in [-0.1, -0.05) is 35.3 Å². The number of ether oxygens (including phenoxy) is 1. The van der Waals surface area contributed by atoms with E-state index in [1.165, 1.54) is 13.0 Å². The maximum Gasteiger partial charge on any atom is 0.311 e. The van der Waals surface area contributed by atoms with Crippen LogP contribution < -0.4 is 5.32 Å². The van der Waals surface area contributed by atoms with Gasteiger partial charge in [0.1, 0.15) is 0 Å². The van der Waals surface area contributed by atoms with Crippen molar-refractivity contribution >= 4 is 40.8 Å². The molecule has 128 valence electrons. The van der Waals surface area contributed by atoms with Crippen molar-refractivity contribution in [3.05, 3.63) is 63.6 Å². The number of amides is 1. The van der Waals surface area contributed by atoms with Crippen LogP contribution in [0, 0.1) is 11.3 Å². The van der Waals surface area contributed by atoms with E-state index in [0.29, 0.717) is 26.9 Å². The predicted octanol–water partition coefficient (Wildman–Crippen LogP) is 3.98. The van der Waals surface area contributed by atoms with Crippen molar-refractivity contribution < 1.29 is 14.3 Å². The molecule has 0 heterocycles. The smallest absolute Gasteiger partial charge is 0.311 e. The van der Waals surface area contributed by atoms with Crippen molar-refractivity contribution in [1.82, 2.24) is 0 Å². The van der Waals surface area contributed by atoms with E-state index >= 15 is 0 Å². The largest absolute Gasteiger partial charge is 0.452 e. The summed E-state index contributed by atoms with van der Waals surface area (Å²) in [6.45, 7) is 1.45. The van der Waals surface area contributed by atoms with Crippen molar-refractivity contribution in [3.63, 3.8) is 0 Å². The van der Waals surface area contributed by atoms with Crippen LogP contribution in [0.4, 0.5) is 5.69 Å². The molecule has 0 saturated carbocycles. The number of halogens is 2. The highest BCUT2D eigenvalue weighted by atomic mass is 35.5. The molecule has 0 spiro atoms. The molecule has 2 aromatic carbocycles. The van der Waals surface area contributed by atoms with E-state index in [2.05, 4.69) is 5.32 Å². The molecule has 0 aromatic heterocycles. The highest BCUT2D eigenvalue weighted by Crippen LogP contribution is 2.25. The number of nitrogens with zero attached hydrogens (tertiary/aromatic N) is 1. The van der Waals surface area contributed by atoms with Crippen LogP contribution in [0.15, 0.2) is 42.5 Å². The number of esters is 1. The fraction of sp³-hybridized carbons (Fsp3) is 0.167. The number of hydrogen-bond donors (Lipinski definition) is 1. The highest BCUT2D eigenvalue weighted by molar-refractivity contribution is 6.36. The summed E-state index contributed by atoms with van der Waals surface area (Å²) in [5.41, 5.74) is 1.31. The van der Waals surface area contributed by atoms with E-state index in [-0.39, 0.29) is 6.42 Å². The predicted molar refractivity (Wildman–Crippen MR) is 95.5 cm³/mol. The first-order valence-corrected chi connectivity index (χ1v) is 8.09. The van der Waals surface area contributed by atoms with Crippen LogP contribution in [0.25, 0.3) is 0 Å². The molecule has 1 atom stereocenters. The van der Waals surface area contributed by atoms with Gasteiger partial charge in [0, 0.05) is 21.3 Å². The molecule has 0 bridgehead atoms. The lowest BCUT2D eigenvalue weighted by atomic mass is 10.1. The summed E-state index contributed by atoms with van der Waals surface area (Å²) in [5.74, 6) is -1.13. The summed E-state index contributed by atoms with van der Waals surface area (Å²) < 4.78 is 5.12. The zero-order valence-electron chi connectivity index (χ0n) is 13.3. The monoisotopic (exact) mass is 376 g/mol. The lowest BCUT2D eigenvalue weighted by Gasteiger charge is -2.14. The number of anilines is 1. The zero-order valence-corrected chi connectivity index (χ0v) is 14.8. The van der Waals surface area contributed by atoms with Crippen LogP contribution in [0.3, 0.4) is 0 Å². The minimum atomic E-state index is -1.01. The highest BCUT2D eigenvalue weighted by Gasteiger charge is 2.20. The van der Waals surface area contributed by atoms with Crippen LogP contribution >= 0.6 is 23.2 Å². The van der Waals surface area contributed by atoms with Gasteiger partial charge in [-0.05, 0) is 37.3 Å². The SMILES string of the molecule is C[C@H](OC(=O)Cc1c(Cl)cccc1Cl)C(=O)Nc1cccc(C#N)c1. The van der Waals surface area contributed by atoms with Crippen molar-refractivity contribution in [2.45, 2.75) is 19.4 Å². The van der Waals surface area contributed by atoms with Gasteiger partial charge in [0.15, 0.2) is 6.10 Å². The van der Waals surface area contributed by atoms with Gasteiger partial charge in [0.25, 0.3) is 5.91 Å². The lowest BCUT2D eigenvalue weighted by Crippen LogP contribution is -2.30. The molecule has 0 saturated heterocycles. The van der Waals surface area contributed by atoms with Gasteiger partial charge in [0.2, 0.25) is 0 Å². The molecule has 5 nitrogen and oxygen atoms in total. The summed E-state index contributed by atoms with van der Waals surface area (Å²) in [4.78, 5) is 24.1. The Hall–Kier alpha value is -2.55. The average molecular weight is 377 g/mol. The minimum Gasteiger partial charge on any atom is -0.452 e. The third-order valence-corrected chi connectivity index (χ3v) is 4.03. The van der Waals surface area contributed by atoms with Gasteiger partial charge in [0.05, 0.1) is 18.1 Å². The van der Waals surface area contributed by atoms with Crippen LogP contribution in [-0.4, -0.2) is 18.0 Å². The Balaban J connectivity index is 1.96. The van der Waals surface area contributed by atoms with E-state index in [9.17, 15) is 9.59 Å². The summed E-state index contributed by atoms with van der Waals surface area (Å²) >= 11 is 12.0. The van der Waals surface area contributed by atoms with E-state index in [1.807, 2.05) is 6.07 Å². The Morgan fingerprint density at radius 2 is 1.84 bits per heavy atom. The maximum absolute atomic E-state index is 12.1. The third kappa shape index (κ3) is 5.21. The fourth-order valence-electron chi connectivity index (χ4n) is 2.05. The van der Waals surface area contributed by atoms with E-state index in [4.69, 9.17) is 33.2 Å². The molecule has 0 aliphatic heterocycles. The third-order valence-electron chi connectivity index (χ3n) is 3.32. The Morgan fingerprint density at radius 1 is 1.20 bits per heavy atom. The molecule has 0 radical (unpaired) electrons. The normalized spacial score (nSPS) is 11.3. The Bertz CT molecular complexity index is 826. The number of carbonyl (C=O) groups excluding carboxylic acids is 2. The Kier molecular flexibility index (Phi) is 6.40. The quantitative estimate of drug-likeness (QED) is 0.800. The number of hydrogen-bond acceptors (Lipinski definition) is 4. The molecule has 0 aliphatic carbocycles. The van der Waals surface area contributed by atoms with Crippen molar-refractivity contribution in [2.24, 2.45) is 0 Å². The number of benzene rings is 2. The van der Waals surface area contributed by atoms with Crippen molar-refractivity contribution in [2.75, 3.05) is 5.32 Å². The van der Waals surface area contributed by atoms with E-state index < -0.39 is 18.0 Å². The van der Waals surface area contributed by atoms with Gasteiger partial charge in [-0.15, -0.1) is 0 Å². The number of nitrogens with one attached hydrogen (secondary N) is 1. The molecule has 1 amide bonds. The lowest BCUT2D eigenvalue weighted by molar-refractivity contribution is -0.152. The molecule has 7 heteroatoms. The number of nitriles is 1. The molecule has 0 aliphatic rings. The van der Waals surface area contributed by atoms with Crippen molar-refractivity contribution in [3.8, 4) is 6.07 Å². The van der Waals surface area contributed by atoms with Crippen LogP contribution in [0.1, 0.15) is 18.1 Å². The number of rotatable bonds is 5. The first-order chi connectivity index (χ1) is 11.9. The molecule has 0 unspecified atom stereocenters. The number of carbonyl (C=O) groups is 2. The molecular formula is C18H14Cl2N2O3. The van der Waals surface area contributed by atoms with Gasteiger partial charge in [-0.3, -0.25) is 9.59 Å². The minimum absolute atomic E-state index is 0.139. The van der Waals surface area contributed by atoms with Gasteiger partial charge in [-0.25, -0.2) is 0 Å². The maximum atomic E-state index is 12.1. The second kappa shape index (κ2) is 8.52. The topological polar surface area (TPSA) is 79.2 Å². The van der Waals surface area contributed by atoms with Crippen LogP contribution in [-0.2, 0) is 20.7 Å². The molecule has 2 rings (SSSR count). The molecule has 0 fully saturated rings. The van der Waals surface area contributed by atoms with Gasteiger partial charge >= 0.3 is 5.97 Å². The van der Waals surface area contributed by atoms with Crippen LogP contribution in [0.5, 0.6) is 0 Å². The average Bonchev–Trinajstić information content (AvgIpc) is 2.58. The first-order valence-electron chi connectivity index (χ1n) is 7.34. The zero-order chi connectivity index (χ0) is 18.4. The molecule has 1 N–H and O–H groups in total. The van der Waals surface area contributed by atoms with Crippen LogP contribution in [0.2, 0.25) is 10.0 Å². The molecule has 25 heavy (non-hydrogen) atoms. The van der Waals surface area contributed by atoms with Crippen molar-refractivity contribution in [1.29, 1.82) is 5.26 Å². The summed E-state index contributed by atoms with van der Waals surface area (Å²) in [5, 5.41) is 12.2. The van der Waals surface area contributed by atoms with E-state index in [0.717, 1.165) is 0 Å². The van der Waals surface area contributed by atoms with Gasteiger partial charge in [-0.2, -0.15) is 5.26 Å². The van der Waals surface area contributed by atoms with Gasteiger partial charge < -0.3 is 10.1 Å². The molecular weight excluding hydrogens is 363 g/mol. The summed E-state index contributed by atoms with van der Waals surface area (Å²) in [7, 11) is 0. The molecule has 2 aromatic rings. The van der Waals surface area contributed by atoms with E-state index in [1.54, 1.807) is 36.4 Å². The Labute approximate surface area is 155 Å². The Morgan fingerprint density at radius 3 is 2.48 bits per heavy atom. The fourth-order valence-corrected chi connectivity index (χ4v) is 2.58. The second-order valence-electron chi connectivity index (χ2n) is 5.19. The standard InChI is InChI=1S/C18H14Cl2N2O3/c1-11(18(24)22-13-5-2-4-12(8-13)10-21)25-17(23)9-14-15(19)6-3-7-16(14)20/h2-8,11H,9H2,1H3,(H,22,24)/t11-/m0/s1.